The largest absolute Gasteiger partial charge is 0.482 e. The van der Waals surface area contributed by atoms with Gasteiger partial charge < -0.3 is 19.8 Å². The van der Waals surface area contributed by atoms with E-state index in [2.05, 4.69) is 0 Å². The van der Waals surface area contributed by atoms with E-state index in [1.54, 1.807) is 12.1 Å². The van der Waals surface area contributed by atoms with Gasteiger partial charge in [-0.3, -0.25) is 0 Å². The monoisotopic (exact) mass is 379 g/mol. The Labute approximate surface area is 163 Å². The van der Waals surface area contributed by atoms with Crippen molar-refractivity contribution in [2.24, 2.45) is 0 Å². The molecule has 0 aromatic heterocycles. The molecule has 0 saturated heterocycles. The van der Waals surface area contributed by atoms with Gasteiger partial charge in [0.25, 0.3) is 0 Å². The topological polar surface area (TPSA) is 52.9 Å². The number of rotatable bonds is 5. The van der Waals surface area contributed by atoms with Crippen LogP contribution in [-0.2, 0) is 0 Å². The van der Waals surface area contributed by atoms with Crippen LogP contribution in [0.2, 0.25) is 0 Å². The second-order valence-electron chi connectivity index (χ2n) is 6.89. The molecule has 28 heavy (non-hydrogen) atoms. The normalized spacial score (nSPS) is 18.1. The number of aliphatic hydroxyl groups excluding tert-OH is 2. The Kier molecular flexibility index (Phi) is 5.28. The molecule has 1 aliphatic rings. The highest BCUT2D eigenvalue weighted by Gasteiger charge is 2.35. The predicted octanol–water partition coefficient (Wildman–Crippen LogP) is 3.86. The van der Waals surface area contributed by atoms with E-state index in [0.29, 0.717) is 17.9 Å². The number of anilines is 1. The average molecular weight is 379 g/mol. The van der Waals surface area contributed by atoms with E-state index in [1.165, 1.54) is 12.1 Å². The Balaban J connectivity index is 1.80. The van der Waals surface area contributed by atoms with E-state index in [4.69, 9.17) is 4.74 Å². The molecule has 0 amide bonds. The minimum atomic E-state index is -1.08. The molecule has 3 atom stereocenters. The first kappa shape index (κ1) is 18.5. The maximum atomic E-state index is 13.9. The summed E-state index contributed by atoms with van der Waals surface area (Å²) in [4.78, 5) is 1.99. The summed E-state index contributed by atoms with van der Waals surface area (Å²) >= 11 is 0. The number of para-hydroxylation sites is 2. The second kappa shape index (κ2) is 8.00. The van der Waals surface area contributed by atoms with Gasteiger partial charge in [-0.25, -0.2) is 4.39 Å². The average Bonchev–Trinajstić information content (AvgIpc) is 2.74. The van der Waals surface area contributed by atoms with Gasteiger partial charge in [0.2, 0.25) is 0 Å². The van der Waals surface area contributed by atoms with Crippen molar-refractivity contribution >= 4 is 5.69 Å². The highest BCUT2D eigenvalue weighted by molar-refractivity contribution is 5.62. The summed E-state index contributed by atoms with van der Waals surface area (Å²) in [5.41, 5.74) is 2.42. The van der Waals surface area contributed by atoms with Gasteiger partial charge in [0.1, 0.15) is 23.8 Å². The van der Waals surface area contributed by atoms with Gasteiger partial charge in [-0.05, 0) is 35.4 Å². The molecular weight excluding hydrogens is 357 g/mol. The molecule has 2 N–H and O–H groups in total. The molecule has 0 spiro atoms. The zero-order chi connectivity index (χ0) is 19.5. The molecule has 1 heterocycles. The number of benzene rings is 3. The van der Waals surface area contributed by atoms with Crippen LogP contribution in [0.5, 0.6) is 5.75 Å². The molecule has 1 unspecified atom stereocenters. The molecule has 4 nitrogen and oxygen atoms in total. The molecule has 0 fully saturated rings. The summed E-state index contributed by atoms with van der Waals surface area (Å²) in [6.07, 6.45) is -1.33. The van der Waals surface area contributed by atoms with E-state index in [0.717, 1.165) is 11.3 Å². The first-order valence-electron chi connectivity index (χ1n) is 9.29. The summed E-state index contributed by atoms with van der Waals surface area (Å²) in [6, 6.07) is 23.0. The van der Waals surface area contributed by atoms with Gasteiger partial charge in [-0.1, -0.05) is 54.6 Å². The lowest BCUT2D eigenvalue weighted by Crippen LogP contribution is -2.44. The Morgan fingerprint density at radius 2 is 1.75 bits per heavy atom. The fraction of sp³-hybridized carbons (Fsp3) is 0.217. The number of halogens is 1. The van der Waals surface area contributed by atoms with Crippen LogP contribution in [0, 0.1) is 5.82 Å². The van der Waals surface area contributed by atoms with Gasteiger partial charge in [-0.15, -0.1) is 0 Å². The number of hydrogen-bond acceptors (Lipinski definition) is 4. The van der Waals surface area contributed by atoms with Crippen LogP contribution in [0.3, 0.4) is 0 Å². The molecule has 0 bridgehead atoms. The van der Waals surface area contributed by atoms with Crippen LogP contribution in [0.1, 0.15) is 23.3 Å². The molecule has 1 aliphatic heterocycles. The van der Waals surface area contributed by atoms with Crippen molar-refractivity contribution in [1.82, 2.24) is 0 Å². The molecule has 0 saturated carbocycles. The van der Waals surface area contributed by atoms with E-state index >= 15 is 0 Å². The molecule has 3 aromatic rings. The smallest absolute Gasteiger partial charge is 0.143 e. The molecular formula is C23H22FNO3. The van der Waals surface area contributed by atoms with Crippen LogP contribution >= 0.6 is 0 Å². The Morgan fingerprint density at radius 1 is 1.00 bits per heavy atom. The van der Waals surface area contributed by atoms with Crippen molar-refractivity contribution in [3.8, 4) is 5.75 Å². The van der Waals surface area contributed by atoms with Crippen LogP contribution in [-0.4, -0.2) is 29.5 Å². The van der Waals surface area contributed by atoms with E-state index in [9.17, 15) is 14.6 Å². The SMILES string of the molecule is OC[C@@H](O)[C@H](c1cccc(F)c1)N1CC(c2ccccc2)Oc2ccccc21. The molecule has 0 aliphatic carbocycles. The molecule has 0 radical (unpaired) electrons. The number of hydrogen-bond donors (Lipinski definition) is 2. The second-order valence-corrected chi connectivity index (χ2v) is 6.89. The molecule has 4 rings (SSSR count). The predicted molar refractivity (Wildman–Crippen MR) is 106 cm³/mol. The lowest BCUT2D eigenvalue weighted by molar-refractivity contribution is 0.0655. The van der Waals surface area contributed by atoms with Gasteiger partial charge in [0.15, 0.2) is 0 Å². The molecule has 5 heteroatoms. The molecule has 3 aromatic carbocycles. The van der Waals surface area contributed by atoms with Gasteiger partial charge in [0, 0.05) is 0 Å². The first-order valence-corrected chi connectivity index (χ1v) is 9.29. The van der Waals surface area contributed by atoms with Crippen LogP contribution < -0.4 is 9.64 Å². The quantitative estimate of drug-likeness (QED) is 0.707. The minimum Gasteiger partial charge on any atom is -0.482 e. The lowest BCUT2D eigenvalue weighted by atomic mass is 9.96. The van der Waals surface area contributed by atoms with Crippen molar-refractivity contribution in [1.29, 1.82) is 0 Å². The summed E-state index contributed by atoms with van der Waals surface area (Å²) < 4.78 is 20.1. The Hall–Kier alpha value is -2.89. The number of ether oxygens (including phenoxy) is 1. The van der Waals surface area contributed by atoms with Crippen molar-refractivity contribution < 1.29 is 19.3 Å². The standard InChI is InChI=1S/C23H22FNO3/c24-18-10-6-9-17(13-18)23(20(27)15-26)25-14-22(16-7-2-1-3-8-16)28-21-12-5-4-11-19(21)25/h1-13,20,22-23,26-27H,14-15H2/t20-,22?,23+/m1/s1. The summed E-state index contributed by atoms with van der Waals surface area (Å²) in [5, 5.41) is 20.3. The van der Waals surface area contributed by atoms with Crippen molar-refractivity contribution in [3.05, 3.63) is 95.8 Å². The molecule has 144 valence electrons. The van der Waals surface area contributed by atoms with E-state index in [-0.39, 0.29) is 11.9 Å². The lowest BCUT2D eigenvalue weighted by Gasteiger charge is -2.42. The third-order valence-electron chi connectivity index (χ3n) is 5.06. The zero-order valence-corrected chi connectivity index (χ0v) is 15.3. The van der Waals surface area contributed by atoms with Crippen LogP contribution in [0.25, 0.3) is 0 Å². The summed E-state index contributed by atoms with van der Waals surface area (Å²) in [6.45, 7) is 0.0238. The highest BCUT2D eigenvalue weighted by Crippen LogP contribution is 2.43. The van der Waals surface area contributed by atoms with Crippen molar-refractivity contribution in [2.75, 3.05) is 18.1 Å². The fourth-order valence-corrected chi connectivity index (χ4v) is 3.77. The fourth-order valence-electron chi connectivity index (χ4n) is 3.77. The number of nitrogens with zero attached hydrogens (tertiary/aromatic N) is 1. The zero-order valence-electron chi connectivity index (χ0n) is 15.3. The minimum absolute atomic E-state index is 0.252. The maximum Gasteiger partial charge on any atom is 0.143 e. The van der Waals surface area contributed by atoms with Crippen molar-refractivity contribution in [2.45, 2.75) is 18.2 Å². The van der Waals surface area contributed by atoms with E-state index in [1.807, 2.05) is 59.5 Å². The number of fused-ring (bicyclic) bond motifs is 1. The van der Waals surface area contributed by atoms with Crippen molar-refractivity contribution in [3.63, 3.8) is 0 Å². The van der Waals surface area contributed by atoms with Gasteiger partial charge in [-0.2, -0.15) is 0 Å². The van der Waals surface area contributed by atoms with Crippen LogP contribution in [0.4, 0.5) is 10.1 Å². The Bertz CT molecular complexity index is 934. The summed E-state index contributed by atoms with van der Waals surface area (Å²) in [5.74, 6) is 0.308. The maximum absolute atomic E-state index is 13.9. The third kappa shape index (κ3) is 3.59. The highest BCUT2D eigenvalue weighted by atomic mass is 19.1. The Morgan fingerprint density at radius 3 is 2.50 bits per heavy atom. The van der Waals surface area contributed by atoms with Crippen LogP contribution in [0.15, 0.2) is 78.9 Å². The third-order valence-corrected chi connectivity index (χ3v) is 5.06. The number of aliphatic hydroxyl groups is 2. The summed E-state index contributed by atoms with van der Waals surface area (Å²) in [7, 11) is 0. The van der Waals surface area contributed by atoms with E-state index < -0.39 is 18.8 Å². The first-order chi connectivity index (χ1) is 13.7. The van der Waals surface area contributed by atoms with Gasteiger partial charge in [0.05, 0.1) is 24.9 Å². The van der Waals surface area contributed by atoms with Gasteiger partial charge >= 0.3 is 0 Å².